The highest BCUT2D eigenvalue weighted by molar-refractivity contribution is 6.23. The molecule has 0 saturated heterocycles. The van der Waals surface area contributed by atoms with Crippen LogP contribution in [0.1, 0.15) is 0 Å². The van der Waals surface area contributed by atoms with Gasteiger partial charge >= 0.3 is 0 Å². The van der Waals surface area contributed by atoms with Crippen LogP contribution in [0, 0.1) is 0 Å². The van der Waals surface area contributed by atoms with Crippen LogP contribution in [0.15, 0.2) is 164 Å². The maximum atomic E-state index is 5.39. The molecular weight excluding hydrogens is 587 g/mol. The summed E-state index contributed by atoms with van der Waals surface area (Å²) in [6.45, 7) is 0. The van der Waals surface area contributed by atoms with Crippen LogP contribution in [0.5, 0.6) is 0 Å². The van der Waals surface area contributed by atoms with E-state index in [-0.39, 0.29) is 0 Å². The Morgan fingerprint density at radius 1 is 0.354 bits per heavy atom. The van der Waals surface area contributed by atoms with Crippen LogP contribution < -0.4 is 0 Å². The fourth-order valence-electron chi connectivity index (χ4n) is 7.24. The largest absolute Gasteiger partial charge is 0.307 e. The van der Waals surface area contributed by atoms with Crippen LogP contribution in [0.25, 0.3) is 88.8 Å². The number of rotatable bonds is 4. The fourth-order valence-corrected chi connectivity index (χ4v) is 7.24. The Morgan fingerprint density at radius 3 is 1.58 bits per heavy atom. The highest BCUT2D eigenvalue weighted by atomic mass is 15.1. The van der Waals surface area contributed by atoms with Gasteiger partial charge in [-0.1, -0.05) is 115 Å². The highest BCUT2D eigenvalue weighted by Gasteiger charge is 2.22. The molecule has 0 N–H and O–H groups in total. The van der Waals surface area contributed by atoms with Gasteiger partial charge in [0.15, 0.2) is 0 Å². The third-order valence-electron chi connectivity index (χ3n) is 9.31. The van der Waals surface area contributed by atoms with Crippen molar-refractivity contribution in [2.75, 3.05) is 0 Å². The summed E-state index contributed by atoms with van der Waals surface area (Å²) < 4.78 is 4.72. The Balaban J connectivity index is 1.31. The zero-order chi connectivity index (χ0) is 31.6. The van der Waals surface area contributed by atoms with Crippen molar-refractivity contribution in [1.82, 2.24) is 24.1 Å². The molecule has 0 atom stereocenters. The Bertz CT molecular complexity index is 2830. The molecule has 0 saturated carbocycles. The molecule has 0 radical (unpaired) electrons. The van der Waals surface area contributed by atoms with Gasteiger partial charge in [0.2, 0.25) is 0 Å². The molecule has 0 aliphatic carbocycles. The number of aromatic nitrogens is 5. The van der Waals surface area contributed by atoms with Gasteiger partial charge in [-0.15, -0.1) is 0 Å². The van der Waals surface area contributed by atoms with Crippen LogP contribution in [0.3, 0.4) is 0 Å². The molecular formula is C43H27N5. The maximum absolute atomic E-state index is 5.39. The molecule has 0 bridgehead atoms. The van der Waals surface area contributed by atoms with Crippen LogP contribution >= 0.6 is 0 Å². The molecule has 5 nitrogen and oxygen atoms in total. The standard InChI is InChI=1S/C43H27N5/c1-3-14-28(15-4-1)40-41(46-35-21-10-9-20-34(35)45-40)36-22-13-25-39(44-36)48-38-24-12-8-19-31(38)33-27-26-32-30-18-7-11-23-37(30)47(42(32)43(33)48)29-16-5-2-6-17-29/h1-27H. The molecule has 4 heterocycles. The summed E-state index contributed by atoms with van der Waals surface area (Å²) in [5, 5.41) is 4.78. The number of hydrogen-bond acceptors (Lipinski definition) is 3. The zero-order valence-electron chi connectivity index (χ0n) is 25.8. The maximum Gasteiger partial charge on any atom is 0.138 e. The Hall–Kier alpha value is -6.59. The minimum Gasteiger partial charge on any atom is -0.307 e. The molecule has 48 heavy (non-hydrogen) atoms. The molecule has 0 aliphatic rings. The average Bonchev–Trinajstić information content (AvgIpc) is 3.68. The minimum atomic E-state index is 0.756. The van der Waals surface area contributed by atoms with Gasteiger partial charge in [-0.3, -0.25) is 4.57 Å². The van der Waals surface area contributed by atoms with E-state index in [0.29, 0.717) is 0 Å². The van der Waals surface area contributed by atoms with E-state index in [1.165, 1.54) is 27.1 Å². The monoisotopic (exact) mass is 613 g/mol. The van der Waals surface area contributed by atoms with E-state index in [0.717, 1.165) is 61.7 Å². The SMILES string of the molecule is c1ccc(-c2nc3ccccc3nc2-c2cccc(-n3c4ccccc4c4ccc5c6ccccc6n(-c6ccccc6)c5c43)n2)cc1. The van der Waals surface area contributed by atoms with Crippen LogP contribution in [0.4, 0.5) is 0 Å². The van der Waals surface area contributed by atoms with Gasteiger partial charge in [0.1, 0.15) is 11.5 Å². The van der Waals surface area contributed by atoms with E-state index in [9.17, 15) is 0 Å². The van der Waals surface area contributed by atoms with Crippen molar-refractivity contribution in [1.29, 1.82) is 0 Å². The molecule has 0 amide bonds. The van der Waals surface area contributed by atoms with Crippen molar-refractivity contribution in [2.24, 2.45) is 0 Å². The average molecular weight is 614 g/mol. The number of benzene rings is 6. The topological polar surface area (TPSA) is 48.5 Å². The molecule has 224 valence electrons. The van der Waals surface area contributed by atoms with Crippen molar-refractivity contribution in [3.05, 3.63) is 164 Å². The quantitative estimate of drug-likeness (QED) is 0.198. The van der Waals surface area contributed by atoms with E-state index in [1.54, 1.807) is 0 Å². The van der Waals surface area contributed by atoms with E-state index in [1.807, 2.05) is 48.5 Å². The first kappa shape index (κ1) is 26.6. The number of nitrogens with zero attached hydrogens (tertiary/aromatic N) is 5. The molecule has 0 unspecified atom stereocenters. The lowest BCUT2D eigenvalue weighted by Crippen LogP contribution is -2.02. The predicted molar refractivity (Wildman–Crippen MR) is 197 cm³/mol. The first-order chi connectivity index (χ1) is 23.8. The second-order valence-electron chi connectivity index (χ2n) is 12.1. The lowest BCUT2D eigenvalue weighted by molar-refractivity contribution is 1.07. The normalized spacial score (nSPS) is 11.8. The summed E-state index contributed by atoms with van der Waals surface area (Å²) in [6.07, 6.45) is 0. The van der Waals surface area contributed by atoms with E-state index >= 15 is 0 Å². The molecule has 4 aromatic heterocycles. The molecule has 10 aromatic rings. The molecule has 10 rings (SSSR count). The summed E-state index contributed by atoms with van der Waals surface area (Å²) >= 11 is 0. The minimum absolute atomic E-state index is 0.756. The molecule has 0 aliphatic heterocycles. The van der Waals surface area contributed by atoms with Crippen molar-refractivity contribution in [3.63, 3.8) is 0 Å². The molecule has 0 fully saturated rings. The van der Waals surface area contributed by atoms with Gasteiger partial charge in [-0.2, -0.15) is 0 Å². The van der Waals surface area contributed by atoms with Gasteiger partial charge in [-0.05, 0) is 48.5 Å². The molecule has 6 aromatic carbocycles. The summed E-state index contributed by atoms with van der Waals surface area (Å²) in [7, 11) is 0. The zero-order valence-corrected chi connectivity index (χ0v) is 25.8. The van der Waals surface area contributed by atoms with Crippen molar-refractivity contribution in [2.45, 2.75) is 0 Å². The third kappa shape index (κ3) is 3.94. The Morgan fingerprint density at radius 2 is 0.896 bits per heavy atom. The van der Waals surface area contributed by atoms with Crippen molar-refractivity contribution in [3.8, 4) is 34.2 Å². The lowest BCUT2D eigenvalue weighted by Gasteiger charge is -2.14. The summed E-state index contributed by atoms with van der Waals surface area (Å²) in [4.78, 5) is 15.7. The third-order valence-corrected chi connectivity index (χ3v) is 9.31. The van der Waals surface area contributed by atoms with E-state index < -0.39 is 0 Å². The van der Waals surface area contributed by atoms with E-state index in [4.69, 9.17) is 15.0 Å². The van der Waals surface area contributed by atoms with Crippen LogP contribution in [-0.4, -0.2) is 24.1 Å². The molecule has 0 spiro atoms. The van der Waals surface area contributed by atoms with Gasteiger partial charge in [0, 0.05) is 32.8 Å². The number of para-hydroxylation sites is 5. The number of pyridine rings is 1. The summed E-state index contributed by atoms with van der Waals surface area (Å²) in [5.41, 5.74) is 10.7. The fraction of sp³-hybridized carbons (Fsp3) is 0. The molecule has 5 heteroatoms. The van der Waals surface area contributed by atoms with Gasteiger partial charge in [0.25, 0.3) is 0 Å². The smallest absolute Gasteiger partial charge is 0.138 e. The first-order valence-corrected chi connectivity index (χ1v) is 16.1. The first-order valence-electron chi connectivity index (χ1n) is 16.1. The summed E-state index contributed by atoms with van der Waals surface area (Å²) in [6, 6.07) is 57.0. The van der Waals surface area contributed by atoms with Gasteiger partial charge in [0.05, 0.1) is 44.5 Å². The van der Waals surface area contributed by atoms with Crippen LogP contribution in [0.2, 0.25) is 0 Å². The second-order valence-corrected chi connectivity index (χ2v) is 12.1. The second kappa shape index (κ2) is 10.5. The van der Waals surface area contributed by atoms with Gasteiger partial charge in [-0.25, -0.2) is 15.0 Å². The van der Waals surface area contributed by atoms with Crippen LogP contribution in [-0.2, 0) is 0 Å². The van der Waals surface area contributed by atoms with E-state index in [2.05, 4.69) is 124 Å². The Kier molecular flexibility index (Phi) is 5.81. The lowest BCUT2D eigenvalue weighted by atomic mass is 10.1. The predicted octanol–water partition coefficient (Wildman–Crippen LogP) is 10.6. The summed E-state index contributed by atoms with van der Waals surface area (Å²) in [5.74, 6) is 0.824. The highest BCUT2D eigenvalue weighted by Crippen LogP contribution is 2.41. The Labute approximate surface area is 276 Å². The number of hydrogen-bond donors (Lipinski definition) is 0. The number of fused-ring (bicyclic) bond motifs is 8. The van der Waals surface area contributed by atoms with Crippen molar-refractivity contribution < 1.29 is 0 Å². The van der Waals surface area contributed by atoms with Gasteiger partial charge < -0.3 is 4.57 Å². The van der Waals surface area contributed by atoms with Crippen molar-refractivity contribution >= 4 is 54.6 Å².